The number of hydrogen-bond donors (Lipinski definition) is 1. The SMILES string of the molecule is C[C@H](NC(=O)N1CCCN(Cc2cccs2)CC1)c1nncn1C. The van der Waals surface area contributed by atoms with Crippen LogP contribution in [-0.2, 0) is 13.6 Å². The normalized spacial score (nSPS) is 17.5. The molecule has 1 fully saturated rings. The minimum Gasteiger partial charge on any atom is -0.328 e. The number of nitrogens with zero attached hydrogens (tertiary/aromatic N) is 5. The first-order valence-electron chi connectivity index (χ1n) is 8.27. The van der Waals surface area contributed by atoms with Gasteiger partial charge in [0.1, 0.15) is 6.33 Å². The molecule has 2 aromatic rings. The summed E-state index contributed by atoms with van der Waals surface area (Å²) in [5, 5.41) is 13.1. The van der Waals surface area contributed by atoms with Crippen molar-refractivity contribution in [1.82, 2.24) is 29.9 Å². The number of carbonyl (C=O) groups is 1. The summed E-state index contributed by atoms with van der Waals surface area (Å²) in [6.07, 6.45) is 2.64. The van der Waals surface area contributed by atoms with Gasteiger partial charge in [-0.15, -0.1) is 21.5 Å². The number of rotatable bonds is 4. The largest absolute Gasteiger partial charge is 0.328 e. The van der Waals surface area contributed by atoms with Crippen LogP contribution < -0.4 is 5.32 Å². The highest BCUT2D eigenvalue weighted by atomic mass is 32.1. The first-order valence-corrected chi connectivity index (χ1v) is 9.15. The van der Waals surface area contributed by atoms with Gasteiger partial charge in [0.15, 0.2) is 5.82 Å². The van der Waals surface area contributed by atoms with E-state index in [1.807, 2.05) is 23.4 Å². The zero-order chi connectivity index (χ0) is 16.9. The van der Waals surface area contributed by atoms with Crippen molar-refractivity contribution in [2.24, 2.45) is 7.05 Å². The van der Waals surface area contributed by atoms with Crippen molar-refractivity contribution in [2.45, 2.75) is 25.9 Å². The van der Waals surface area contributed by atoms with Crippen LogP contribution in [0.25, 0.3) is 0 Å². The van der Waals surface area contributed by atoms with Gasteiger partial charge in [0.05, 0.1) is 6.04 Å². The zero-order valence-electron chi connectivity index (χ0n) is 14.2. The summed E-state index contributed by atoms with van der Waals surface area (Å²) in [4.78, 5) is 18.2. The average molecular weight is 348 g/mol. The lowest BCUT2D eigenvalue weighted by molar-refractivity contribution is 0.194. The fourth-order valence-corrected chi connectivity index (χ4v) is 3.73. The predicted molar refractivity (Wildman–Crippen MR) is 93.7 cm³/mol. The highest BCUT2D eigenvalue weighted by Crippen LogP contribution is 2.14. The Morgan fingerprint density at radius 1 is 1.38 bits per heavy atom. The first kappa shape index (κ1) is 16.9. The van der Waals surface area contributed by atoms with E-state index in [1.54, 1.807) is 17.7 Å². The number of hydrogen-bond acceptors (Lipinski definition) is 5. The van der Waals surface area contributed by atoms with Crippen molar-refractivity contribution in [3.8, 4) is 0 Å². The van der Waals surface area contributed by atoms with E-state index in [9.17, 15) is 4.79 Å². The molecular weight excluding hydrogens is 324 g/mol. The van der Waals surface area contributed by atoms with Gasteiger partial charge in [-0.05, 0) is 24.8 Å². The Morgan fingerprint density at radius 3 is 2.96 bits per heavy atom. The summed E-state index contributed by atoms with van der Waals surface area (Å²) in [5.41, 5.74) is 0. The molecule has 8 heteroatoms. The van der Waals surface area contributed by atoms with Crippen molar-refractivity contribution < 1.29 is 4.79 Å². The molecule has 1 atom stereocenters. The maximum atomic E-state index is 12.5. The van der Waals surface area contributed by atoms with Crippen molar-refractivity contribution >= 4 is 17.4 Å². The number of urea groups is 1. The lowest BCUT2D eigenvalue weighted by Crippen LogP contribution is -2.43. The van der Waals surface area contributed by atoms with Crippen LogP contribution in [0.1, 0.15) is 30.1 Å². The summed E-state index contributed by atoms with van der Waals surface area (Å²) >= 11 is 1.79. The number of amides is 2. The minimum absolute atomic E-state index is 0.0246. The molecule has 0 bridgehead atoms. The van der Waals surface area contributed by atoms with E-state index in [0.29, 0.717) is 0 Å². The maximum absolute atomic E-state index is 12.5. The smallest absolute Gasteiger partial charge is 0.318 e. The van der Waals surface area contributed by atoms with Gasteiger partial charge in [-0.3, -0.25) is 4.90 Å². The van der Waals surface area contributed by atoms with Crippen LogP contribution in [0.3, 0.4) is 0 Å². The van der Waals surface area contributed by atoms with Crippen LogP contribution >= 0.6 is 11.3 Å². The molecule has 0 aliphatic carbocycles. The molecule has 0 spiro atoms. The van der Waals surface area contributed by atoms with Crippen molar-refractivity contribution in [1.29, 1.82) is 0 Å². The molecule has 0 aromatic carbocycles. The second-order valence-corrected chi connectivity index (χ2v) is 7.20. The van der Waals surface area contributed by atoms with Gasteiger partial charge in [0.2, 0.25) is 0 Å². The average Bonchev–Trinajstić information content (AvgIpc) is 3.15. The van der Waals surface area contributed by atoms with Crippen LogP contribution in [0.2, 0.25) is 0 Å². The number of nitrogens with one attached hydrogen (secondary N) is 1. The maximum Gasteiger partial charge on any atom is 0.318 e. The van der Waals surface area contributed by atoms with Gasteiger partial charge in [-0.1, -0.05) is 6.07 Å². The Labute approximate surface area is 146 Å². The third kappa shape index (κ3) is 4.12. The van der Waals surface area contributed by atoms with Crippen molar-refractivity contribution in [2.75, 3.05) is 26.2 Å². The molecule has 0 saturated carbocycles. The second-order valence-electron chi connectivity index (χ2n) is 6.17. The van der Waals surface area contributed by atoms with Gasteiger partial charge in [-0.25, -0.2) is 4.79 Å². The van der Waals surface area contributed by atoms with E-state index in [0.717, 1.165) is 45.0 Å². The standard InChI is InChI=1S/C16H24N6OS/c1-13(15-19-17-12-20(15)2)18-16(23)22-7-4-6-21(8-9-22)11-14-5-3-10-24-14/h3,5,10,12-13H,4,6-9,11H2,1-2H3,(H,18,23)/t13-/m0/s1. The fourth-order valence-electron chi connectivity index (χ4n) is 2.98. The van der Waals surface area contributed by atoms with Crippen LogP contribution in [0, 0.1) is 0 Å². The number of carbonyl (C=O) groups excluding carboxylic acids is 1. The third-order valence-corrected chi connectivity index (χ3v) is 5.17. The zero-order valence-corrected chi connectivity index (χ0v) is 15.0. The summed E-state index contributed by atoms with van der Waals surface area (Å²) in [7, 11) is 1.88. The summed E-state index contributed by atoms with van der Waals surface area (Å²) < 4.78 is 1.83. The van der Waals surface area contributed by atoms with Crippen LogP contribution in [0.15, 0.2) is 23.8 Å². The quantitative estimate of drug-likeness (QED) is 0.916. The molecule has 0 unspecified atom stereocenters. The summed E-state index contributed by atoms with van der Waals surface area (Å²) in [6, 6.07) is 4.08. The second kappa shape index (κ2) is 7.76. The van der Waals surface area contributed by atoms with E-state index < -0.39 is 0 Å². The van der Waals surface area contributed by atoms with E-state index in [1.165, 1.54) is 4.88 Å². The number of aromatic nitrogens is 3. The Balaban J connectivity index is 1.51. The highest BCUT2D eigenvalue weighted by Gasteiger charge is 2.22. The molecule has 1 aliphatic heterocycles. The van der Waals surface area contributed by atoms with Crippen LogP contribution in [0.4, 0.5) is 4.79 Å². The lowest BCUT2D eigenvalue weighted by Gasteiger charge is -2.24. The van der Waals surface area contributed by atoms with Gasteiger partial charge in [-0.2, -0.15) is 0 Å². The van der Waals surface area contributed by atoms with Gasteiger partial charge in [0, 0.05) is 44.6 Å². The van der Waals surface area contributed by atoms with Crippen LogP contribution in [-0.4, -0.2) is 56.8 Å². The monoisotopic (exact) mass is 348 g/mol. The predicted octanol–water partition coefficient (Wildman–Crippen LogP) is 1.86. The molecule has 1 saturated heterocycles. The topological polar surface area (TPSA) is 66.3 Å². The number of aryl methyl sites for hydroxylation is 1. The molecule has 130 valence electrons. The van der Waals surface area contributed by atoms with E-state index in [-0.39, 0.29) is 12.1 Å². The van der Waals surface area contributed by atoms with Crippen molar-refractivity contribution in [3.05, 3.63) is 34.5 Å². The third-order valence-electron chi connectivity index (χ3n) is 4.31. The Bertz CT molecular complexity index is 655. The van der Waals surface area contributed by atoms with Crippen molar-refractivity contribution in [3.63, 3.8) is 0 Å². The van der Waals surface area contributed by atoms with E-state index in [4.69, 9.17) is 0 Å². The first-order chi connectivity index (χ1) is 11.6. The lowest BCUT2D eigenvalue weighted by atomic mass is 10.3. The number of thiophene rings is 1. The van der Waals surface area contributed by atoms with Gasteiger partial charge in [0.25, 0.3) is 0 Å². The molecule has 1 aliphatic rings. The Kier molecular flexibility index (Phi) is 5.47. The molecule has 3 heterocycles. The molecule has 3 rings (SSSR count). The fraction of sp³-hybridized carbons (Fsp3) is 0.562. The molecule has 7 nitrogen and oxygen atoms in total. The Hall–Kier alpha value is -1.93. The molecule has 2 aromatic heterocycles. The molecule has 24 heavy (non-hydrogen) atoms. The molecule has 1 N–H and O–H groups in total. The van der Waals surface area contributed by atoms with Gasteiger partial charge < -0.3 is 14.8 Å². The van der Waals surface area contributed by atoms with Gasteiger partial charge >= 0.3 is 6.03 Å². The van der Waals surface area contributed by atoms with E-state index in [2.05, 4.69) is 37.9 Å². The molecule has 0 radical (unpaired) electrons. The summed E-state index contributed by atoms with van der Waals surface area (Å²) in [6.45, 7) is 6.39. The minimum atomic E-state index is -0.157. The van der Waals surface area contributed by atoms with E-state index >= 15 is 0 Å². The Morgan fingerprint density at radius 2 is 2.25 bits per heavy atom. The molecular formula is C16H24N6OS. The van der Waals surface area contributed by atoms with Crippen LogP contribution in [0.5, 0.6) is 0 Å². The summed E-state index contributed by atoms with van der Waals surface area (Å²) in [5.74, 6) is 0.762. The highest BCUT2D eigenvalue weighted by molar-refractivity contribution is 7.09. The molecule has 2 amide bonds.